The third-order valence-electron chi connectivity index (χ3n) is 1.98. The van der Waals surface area contributed by atoms with Gasteiger partial charge in [-0.3, -0.25) is 0 Å². The zero-order chi connectivity index (χ0) is 8.55. The summed E-state index contributed by atoms with van der Waals surface area (Å²) in [6.45, 7) is 2.12. The smallest absolute Gasteiger partial charge is 0.133 e. The number of pyridine rings is 1. The number of nitrogens with zero attached hydrogens (tertiary/aromatic N) is 2. The van der Waals surface area contributed by atoms with Gasteiger partial charge >= 0.3 is 0 Å². The molecule has 1 fully saturated rings. The largest absolute Gasteiger partial charge is 0.399 e. The van der Waals surface area contributed by atoms with Crippen LogP contribution in [0.25, 0.3) is 0 Å². The van der Waals surface area contributed by atoms with Crippen LogP contribution in [0.5, 0.6) is 0 Å². The van der Waals surface area contributed by atoms with Crippen molar-refractivity contribution in [1.82, 2.24) is 4.98 Å². The molecule has 0 amide bonds. The van der Waals surface area contributed by atoms with E-state index in [1.807, 2.05) is 6.07 Å². The summed E-state index contributed by atoms with van der Waals surface area (Å²) in [5.41, 5.74) is 6.30. The second-order valence-electron chi connectivity index (χ2n) is 2.92. The van der Waals surface area contributed by atoms with Gasteiger partial charge in [0.05, 0.1) is 0 Å². The predicted octanol–water partition coefficient (Wildman–Crippen LogP) is 1.53. The third kappa shape index (κ3) is 1.32. The number of anilines is 2. The standard InChI is InChI=1S/C8H10ClN3/c9-7-4-6(10)5-8(11-7)12-2-1-3-12/h4-5H,1-3H2,(H2,10,11). The fraction of sp³-hybridized carbons (Fsp3) is 0.375. The molecule has 4 heteroatoms. The molecule has 12 heavy (non-hydrogen) atoms. The first kappa shape index (κ1) is 7.68. The highest BCUT2D eigenvalue weighted by Gasteiger charge is 2.15. The topological polar surface area (TPSA) is 42.1 Å². The summed E-state index contributed by atoms with van der Waals surface area (Å²) in [7, 11) is 0. The van der Waals surface area contributed by atoms with Gasteiger partial charge in [-0.25, -0.2) is 4.98 Å². The Kier molecular flexibility index (Phi) is 1.81. The second kappa shape index (κ2) is 2.83. The summed E-state index contributed by atoms with van der Waals surface area (Å²) in [6.07, 6.45) is 1.23. The summed E-state index contributed by atoms with van der Waals surface area (Å²) in [5.74, 6) is 0.895. The number of nitrogens with two attached hydrogens (primary N) is 1. The molecular formula is C8H10ClN3. The van der Waals surface area contributed by atoms with Crippen molar-refractivity contribution in [3.8, 4) is 0 Å². The lowest BCUT2D eigenvalue weighted by molar-refractivity contribution is 0.610. The van der Waals surface area contributed by atoms with E-state index in [-0.39, 0.29) is 0 Å². The first-order valence-corrected chi connectivity index (χ1v) is 4.31. The molecule has 0 bridgehead atoms. The van der Waals surface area contributed by atoms with Gasteiger partial charge in [-0.15, -0.1) is 0 Å². The molecule has 0 atom stereocenters. The van der Waals surface area contributed by atoms with Gasteiger partial charge in [0.2, 0.25) is 0 Å². The van der Waals surface area contributed by atoms with Crippen molar-refractivity contribution in [1.29, 1.82) is 0 Å². The molecule has 1 saturated heterocycles. The summed E-state index contributed by atoms with van der Waals surface area (Å²) in [5, 5.41) is 0.469. The molecule has 1 aromatic heterocycles. The van der Waals surface area contributed by atoms with Crippen LogP contribution >= 0.6 is 11.6 Å². The Morgan fingerprint density at radius 3 is 2.67 bits per heavy atom. The van der Waals surface area contributed by atoms with Gasteiger partial charge in [-0.1, -0.05) is 11.6 Å². The highest BCUT2D eigenvalue weighted by Crippen LogP contribution is 2.22. The van der Waals surface area contributed by atoms with E-state index in [0.29, 0.717) is 10.8 Å². The van der Waals surface area contributed by atoms with E-state index >= 15 is 0 Å². The van der Waals surface area contributed by atoms with Gasteiger partial charge in [-0.2, -0.15) is 0 Å². The van der Waals surface area contributed by atoms with E-state index in [4.69, 9.17) is 17.3 Å². The Morgan fingerprint density at radius 2 is 2.17 bits per heavy atom. The molecule has 1 aliphatic rings. The lowest BCUT2D eigenvalue weighted by Gasteiger charge is -2.32. The molecule has 2 N–H and O–H groups in total. The highest BCUT2D eigenvalue weighted by atomic mass is 35.5. The molecule has 0 aromatic carbocycles. The van der Waals surface area contributed by atoms with Crippen LogP contribution in [0, 0.1) is 0 Å². The first-order valence-electron chi connectivity index (χ1n) is 3.94. The summed E-state index contributed by atoms with van der Waals surface area (Å²) >= 11 is 5.76. The molecule has 64 valence electrons. The van der Waals surface area contributed by atoms with Gasteiger partial charge in [-0.05, 0) is 12.5 Å². The number of nitrogen functional groups attached to an aromatic ring is 1. The molecule has 3 nitrogen and oxygen atoms in total. The van der Waals surface area contributed by atoms with Crippen LogP contribution in [0.3, 0.4) is 0 Å². The molecule has 1 aliphatic heterocycles. The molecular weight excluding hydrogens is 174 g/mol. The minimum Gasteiger partial charge on any atom is -0.399 e. The molecule has 1 aromatic rings. The maximum atomic E-state index is 5.76. The van der Waals surface area contributed by atoms with E-state index in [0.717, 1.165) is 18.9 Å². The number of hydrogen-bond acceptors (Lipinski definition) is 3. The maximum absolute atomic E-state index is 5.76. The van der Waals surface area contributed by atoms with Crippen LogP contribution in [-0.2, 0) is 0 Å². The van der Waals surface area contributed by atoms with Crippen molar-refractivity contribution in [2.24, 2.45) is 0 Å². The molecule has 0 radical (unpaired) electrons. The number of halogens is 1. The number of hydrogen-bond donors (Lipinski definition) is 1. The average Bonchev–Trinajstić information content (AvgIpc) is 1.79. The van der Waals surface area contributed by atoms with E-state index in [1.165, 1.54) is 6.42 Å². The average molecular weight is 184 g/mol. The monoisotopic (exact) mass is 183 g/mol. The normalized spacial score (nSPS) is 15.9. The Bertz CT molecular complexity index is 276. The van der Waals surface area contributed by atoms with Gasteiger partial charge in [0.1, 0.15) is 11.0 Å². The molecule has 0 unspecified atom stereocenters. The molecule has 2 heterocycles. The predicted molar refractivity (Wildman–Crippen MR) is 50.5 cm³/mol. The zero-order valence-electron chi connectivity index (χ0n) is 6.63. The quantitative estimate of drug-likeness (QED) is 0.672. The van der Waals surface area contributed by atoms with Crippen LogP contribution in [0.4, 0.5) is 11.5 Å². The van der Waals surface area contributed by atoms with Crippen molar-refractivity contribution in [2.75, 3.05) is 23.7 Å². The molecule has 0 saturated carbocycles. The minimum absolute atomic E-state index is 0.469. The van der Waals surface area contributed by atoms with E-state index in [1.54, 1.807) is 6.07 Å². The van der Waals surface area contributed by atoms with Crippen LogP contribution in [0.1, 0.15) is 6.42 Å². The van der Waals surface area contributed by atoms with Crippen molar-refractivity contribution >= 4 is 23.1 Å². The Balaban J connectivity index is 2.30. The summed E-state index contributed by atoms with van der Waals surface area (Å²) in [4.78, 5) is 6.32. The van der Waals surface area contributed by atoms with Crippen molar-refractivity contribution in [2.45, 2.75) is 6.42 Å². The zero-order valence-corrected chi connectivity index (χ0v) is 7.38. The summed E-state index contributed by atoms with van der Waals surface area (Å²) < 4.78 is 0. The fourth-order valence-electron chi connectivity index (χ4n) is 1.21. The minimum atomic E-state index is 0.469. The summed E-state index contributed by atoms with van der Waals surface area (Å²) in [6, 6.07) is 3.51. The van der Waals surface area contributed by atoms with Gasteiger partial charge in [0.25, 0.3) is 0 Å². The Labute approximate surface area is 76.1 Å². The second-order valence-corrected chi connectivity index (χ2v) is 3.31. The molecule has 0 spiro atoms. The van der Waals surface area contributed by atoms with E-state index in [2.05, 4.69) is 9.88 Å². The van der Waals surface area contributed by atoms with Crippen LogP contribution < -0.4 is 10.6 Å². The van der Waals surface area contributed by atoms with Gasteiger partial charge in [0, 0.05) is 24.8 Å². The van der Waals surface area contributed by atoms with Gasteiger partial charge in [0.15, 0.2) is 0 Å². The van der Waals surface area contributed by atoms with Crippen molar-refractivity contribution in [3.05, 3.63) is 17.3 Å². The first-order chi connectivity index (χ1) is 5.75. The Morgan fingerprint density at radius 1 is 1.42 bits per heavy atom. The number of rotatable bonds is 1. The molecule has 2 rings (SSSR count). The van der Waals surface area contributed by atoms with Crippen LogP contribution in [0.15, 0.2) is 12.1 Å². The SMILES string of the molecule is Nc1cc(Cl)nc(N2CCC2)c1. The fourth-order valence-corrected chi connectivity index (χ4v) is 1.42. The Hall–Kier alpha value is -0.960. The van der Waals surface area contributed by atoms with Gasteiger partial charge < -0.3 is 10.6 Å². The third-order valence-corrected chi connectivity index (χ3v) is 2.18. The van der Waals surface area contributed by atoms with Crippen molar-refractivity contribution in [3.63, 3.8) is 0 Å². The van der Waals surface area contributed by atoms with Crippen molar-refractivity contribution < 1.29 is 0 Å². The van der Waals surface area contributed by atoms with E-state index < -0.39 is 0 Å². The maximum Gasteiger partial charge on any atom is 0.133 e. The highest BCUT2D eigenvalue weighted by molar-refractivity contribution is 6.29. The number of aromatic nitrogens is 1. The lowest BCUT2D eigenvalue weighted by atomic mass is 10.2. The lowest BCUT2D eigenvalue weighted by Crippen LogP contribution is -2.37. The van der Waals surface area contributed by atoms with E-state index in [9.17, 15) is 0 Å². The van der Waals surface area contributed by atoms with Crippen LogP contribution in [0.2, 0.25) is 5.15 Å². The van der Waals surface area contributed by atoms with Crippen LogP contribution in [-0.4, -0.2) is 18.1 Å². The molecule has 0 aliphatic carbocycles.